The molecule has 1 rings (SSSR count). The van der Waals surface area contributed by atoms with Gasteiger partial charge in [0.1, 0.15) is 0 Å². The number of hydrogen-bond donors (Lipinski definition) is 2. The molecule has 0 bridgehead atoms. The molecule has 1 fully saturated rings. The predicted octanol–water partition coefficient (Wildman–Crippen LogP) is 1.35. The highest BCUT2D eigenvalue weighted by atomic mass is 16.1. The molecule has 1 aliphatic heterocycles. The van der Waals surface area contributed by atoms with Crippen LogP contribution in [0.4, 0.5) is 0 Å². The second-order valence-corrected chi connectivity index (χ2v) is 6.02. The molecule has 2 unspecified atom stereocenters. The van der Waals surface area contributed by atoms with Gasteiger partial charge in [0.2, 0.25) is 5.91 Å². The van der Waals surface area contributed by atoms with Gasteiger partial charge in [-0.25, -0.2) is 0 Å². The van der Waals surface area contributed by atoms with Crippen LogP contribution in [0.25, 0.3) is 0 Å². The van der Waals surface area contributed by atoms with Gasteiger partial charge in [-0.15, -0.1) is 0 Å². The summed E-state index contributed by atoms with van der Waals surface area (Å²) < 4.78 is 0. The fraction of sp³-hybridized carbons (Fsp3) is 0.929. The molecule has 2 atom stereocenters. The van der Waals surface area contributed by atoms with Gasteiger partial charge in [-0.1, -0.05) is 20.3 Å². The van der Waals surface area contributed by atoms with Gasteiger partial charge in [0.25, 0.3) is 0 Å². The number of piperidine rings is 1. The Hall–Kier alpha value is -0.610. The molecule has 0 aromatic carbocycles. The minimum atomic E-state index is -0.223. The van der Waals surface area contributed by atoms with Crippen molar-refractivity contribution in [1.82, 2.24) is 10.2 Å². The van der Waals surface area contributed by atoms with E-state index in [4.69, 9.17) is 5.73 Å². The average molecular weight is 255 g/mol. The minimum absolute atomic E-state index is 0.223. The maximum Gasteiger partial charge on any atom is 0.231 e. The quantitative estimate of drug-likeness (QED) is 0.722. The van der Waals surface area contributed by atoms with E-state index in [-0.39, 0.29) is 5.91 Å². The molecular weight excluding hydrogens is 226 g/mol. The summed E-state index contributed by atoms with van der Waals surface area (Å²) in [5.41, 5.74) is 5.34. The molecule has 3 N–H and O–H groups in total. The maximum atomic E-state index is 11.2. The Balaban J connectivity index is 2.45. The topological polar surface area (TPSA) is 58.4 Å². The second-order valence-electron chi connectivity index (χ2n) is 6.02. The molecule has 4 heteroatoms. The molecular formula is C14H29N3O. The van der Waals surface area contributed by atoms with Gasteiger partial charge in [-0.05, 0) is 38.6 Å². The van der Waals surface area contributed by atoms with Crippen molar-refractivity contribution in [1.29, 1.82) is 0 Å². The zero-order chi connectivity index (χ0) is 13.5. The van der Waals surface area contributed by atoms with Gasteiger partial charge in [0.15, 0.2) is 0 Å². The molecule has 0 radical (unpaired) electrons. The summed E-state index contributed by atoms with van der Waals surface area (Å²) in [7, 11) is 0. The van der Waals surface area contributed by atoms with Crippen LogP contribution in [0.2, 0.25) is 0 Å². The number of nitrogens with two attached hydrogens (primary N) is 1. The van der Waals surface area contributed by atoms with Crippen molar-refractivity contribution < 1.29 is 4.79 Å². The van der Waals surface area contributed by atoms with Crippen LogP contribution in [-0.2, 0) is 4.79 Å². The Morgan fingerprint density at radius 1 is 1.39 bits per heavy atom. The van der Waals surface area contributed by atoms with Crippen molar-refractivity contribution in [3.05, 3.63) is 0 Å². The SMILES string of the molecule is CC(C)CN(CC(N)=O)C(C)CC1CCCCN1. The highest BCUT2D eigenvalue weighted by molar-refractivity contribution is 5.75. The van der Waals surface area contributed by atoms with E-state index in [0.717, 1.165) is 19.5 Å². The van der Waals surface area contributed by atoms with Gasteiger partial charge < -0.3 is 11.1 Å². The summed E-state index contributed by atoms with van der Waals surface area (Å²) in [5, 5.41) is 3.57. The van der Waals surface area contributed by atoms with E-state index in [1.807, 2.05) is 0 Å². The van der Waals surface area contributed by atoms with Crippen LogP contribution in [0.15, 0.2) is 0 Å². The second kappa shape index (κ2) is 7.74. The van der Waals surface area contributed by atoms with Gasteiger partial charge in [-0.3, -0.25) is 9.69 Å². The molecule has 1 amide bonds. The molecule has 1 heterocycles. The molecule has 1 saturated heterocycles. The Morgan fingerprint density at radius 3 is 2.61 bits per heavy atom. The standard InChI is InChI=1S/C14H29N3O/c1-11(2)9-17(10-14(15)18)12(3)8-13-6-4-5-7-16-13/h11-13,16H,4-10H2,1-3H3,(H2,15,18). The van der Waals surface area contributed by atoms with E-state index < -0.39 is 0 Å². The summed E-state index contributed by atoms with van der Waals surface area (Å²) >= 11 is 0. The van der Waals surface area contributed by atoms with Crippen molar-refractivity contribution in [2.24, 2.45) is 11.7 Å². The number of primary amides is 1. The van der Waals surface area contributed by atoms with Gasteiger partial charge in [-0.2, -0.15) is 0 Å². The zero-order valence-corrected chi connectivity index (χ0v) is 12.1. The molecule has 1 aliphatic rings. The smallest absolute Gasteiger partial charge is 0.231 e. The van der Waals surface area contributed by atoms with E-state index in [1.165, 1.54) is 19.3 Å². The Bertz CT molecular complexity index is 249. The van der Waals surface area contributed by atoms with Crippen LogP contribution in [0, 0.1) is 5.92 Å². The lowest BCUT2D eigenvalue weighted by atomic mass is 9.97. The third-order valence-electron chi connectivity index (χ3n) is 3.62. The first-order valence-electron chi connectivity index (χ1n) is 7.24. The molecule has 0 aliphatic carbocycles. The Morgan fingerprint density at radius 2 is 2.11 bits per heavy atom. The lowest BCUT2D eigenvalue weighted by molar-refractivity contribution is -0.119. The molecule has 0 saturated carbocycles. The Kier molecular flexibility index (Phi) is 6.65. The van der Waals surface area contributed by atoms with E-state index in [1.54, 1.807) is 0 Å². The molecule has 0 aromatic heterocycles. The fourth-order valence-corrected chi connectivity index (χ4v) is 2.76. The largest absolute Gasteiger partial charge is 0.369 e. The summed E-state index contributed by atoms with van der Waals surface area (Å²) in [6, 6.07) is 1.02. The summed E-state index contributed by atoms with van der Waals surface area (Å²) in [6.07, 6.45) is 4.99. The molecule has 18 heavy (non-hydrogen) atoms. The number of carbonyl (C=O) groups excluding carboxylic acids is 1. The maximum absolute atomic E-state index is 11.2. The van der Waals surface area contributed by atoms with Crippen molar-refractivity contribution in [3.8, 4) is 0 Å². The van der Waals surface area contributed by atoms with E-state index in [2.05, 4.69) is 31.0 Å². The Labute approximate surface area is 111 Å². The molecule has 0 spiro atoms. The van der Waals surface area contributed by atoms with E-state index >= 15 is 0 Å². The lowest BCUT2D eigenvalue weighted by Gasteiger charge is -2.33. The first kappa shape index (κ1) is 15.4. The predicted molar refractivity (Wildman–Crippen MR) is 75.3 cm³/mol. The number of rotatable bonds is 7. The number of carbonyl (C=O) groups is 1. The molecule has 4 nitrogen and oxygen atoms in total. The number of nitrogens with zero attached hydrogens (tertiary/aromatic N) is 1. The van der Waals surface area contributed by atoms with Crippen molar-refractivity contribution in [2.75, 3.05) is 19.6 Å². The third kappa shape index (κ3) is 5.83. The molecule has 106 valence electrons. The van der Waals surface area contributed by atoms with Crippen LogP contribution in [-0.4, -0.2) is 42.5 Å². The fourth-order valence-electron chi connectivity index (χ4n) is 2.76. The first-order chi connectivity index (χ1) is 8.49. The average Bonchev–Trinajstić information content (AvgIpc) is 2.28. The van der Waals surface area contributed by atoms with Crippen LogP contribution < -0.4 is 11.1 Å². The summed E-state index contributed by atoms with van der Waals surface area (Å²) in [6.45, 7) is 9.03. The van der Waals surface area contributed by atoms with Gasteiger partial charge >= 0.3 is 0 Å². The summed E-state index contributed by atoms with van der Waals surface area (Å²) in [5.74, 6) is 0.338. The van der Waals surface area contributed by atoms with Crippen LogP contribution in [0.3, 0.4) is 0 Å². The highest BCUT2D eigenvalue weighted by Gasteiger charge is 2.21. The minimum Gasteiger partial charge on any atom is -0.369 e. The van der Waals surface area contributed by atoms with Crippen molar-refractivity contribution >= 4 is 5.91 Å². The summed E-state index contributed by atoms with van der Waals surface area (Å²) in [4.78, 5) is 13.4. The zero-order valence-electron chi connectivity index (χ0n) is 12.1. The highest BCUT2D eigenvalue weighted by Crippen LogP contribution is 2.16. The van der Waals surface area contributed by atoms with Gasteiger partial charge in [0.05, 0.1) is 6.54 Å². The lowest BCUT2D eigenvalue weighted by Crippen LogP contribution is -2.46. The van der Waals surface area contributed by atoms with Gasteiger partial charge in [0, 0.05) is 18.6 Å². The first-order valence-corrected chi connectivity index (χ1v) is 7.24. The monoisotopic (exact) mass is 255 g/mol. The van der Waals surface area contributed by atoms with E-state index in [0.29, 0.717) is 24.5 Å². The number of hydrogen-bond acceptors (Lipinski definition) is 3. The van der Waals surface area contributed by atoms with Crippen LogP contribution in [0.1, 0.15) is 46.5 Å². The number of nitrogens with one attached hydrogen (secondary N) is 1. The van der Waals surface area contributed by atoms with E-state index in [9.17, 15) is 4.79 Å². The normalized spacial score (nSPS) is 22.4. The third-order valence-corrected chi connectivity index (χ3v) is 3.62. The van der Waals surface area contributed by atoms with Crippen LogP contribution >= 0.6 is 0 Å². The van der Waals surface area contributed by atoms with Crippen LogP contribution in [0.5, 0.6) is 0 Å². The van der Waals surface area contributed by atoms with Crippen molar-refractivity contribution in [3.63, 3.8) is 0 Å². The molecule has 0 aromatic rings. The van der Waals surface area contributed by atoms with Crippen molar-refractivity contribution in [2.45, 2.75) is 58.5 Å². The number of amides is 1.